The van der Waals surface area contributed by atoms with E-state index in [2.05, 4.69) is 10.3 Å². The minimum atomic E-state index is -0.585. The van der Waals surface area contributed by atoms with Gasteiger partial charge in [0.15, 0.2) is 5.75 Å². The Morgan fingerprint density at radius 3 is 3.20 bits per heavy atom. The van der Waals surface area contributed by atoms with Gasteiger partial charge in [0.05, 0.1) is 16.3 Å². The van der Waals surface area contributed by atoms with Crippen molar-refractivity contribution in [1.29, 1.82) is 0 Å². The van der Waals surface area contributed by atoms with Crippen molar-refractivity contribution in [2.45, 2.75) is 18.9 Å². The first-order valence-electron chi connectivity index (χ1n) is 6.39. The van der Waals surface area contributed by atoms with Gasteiger partial charge < -0.3 is 20.1 Å². The second-order valence-electron chi connectivity index (χ2n) is 4.69. The fourth-order valence-corrected chi connectivity index (χ4v) is 3.11. The quantitative estimate of drug-likeness (QED) is 0.793. The van der Waals surface area contributed by atoms with Crippen LogP contribution in [0.3, 0.4) is 0 Å². The molecule has 7 heteroatoms. The first kappa shape index (κ1) is 13.1. The Balaban J connectivity index is 1.84. The molecule has 1 aliphatic rings. The van der Waals surface area contributed by atoms with Crippen LogP contribution in [0.25, 0.3) is 10.2 Å². The normalized spacial score (nSPS) is 18.5. The largest absolute Gasteiger partial charge is 0.505 e. The zero-order valence-corrected chi connectivity index (χ0v) is 11.5. The Kier molecular flexibility index (Phi) is 3.45. The fraction of sp³-hybridized carbons (Fsp3) is 0.385. The van der Waals surface area contributed by atoms with Crippen molar-refractivity contribution < 1.29 is 14.6 Å². The third-order valence-corrected chi connectivity index (χ3v) is 4.25. The number of amides is 1. The predicted octanol–water partition coefficient (Wildman–Crippen LogP) is 1.20. The smallest absolute Gasteiger partial charge is 0.265 e. The molecule has 20 heavy (non-hydrogen) atoms. The number of carbonyl (C=O) groups excluding carboxylic acids is 1. The summed E-state index contributed by atoms with van der Waals surface area (Å²) in [5, 5.41) is 14.5. The number of aromatic nitrogens is 1. The van der Waals surface area contributed by atoms with Gasteiger partial charge in [0.1, 0.15) is 5.56 Å². The third kappa shape index (κ3) is 2.30. The third-order valence-electron chi connectivity index (χ3n) is 3.33. The van der Waals surface area contributed by atoms with Gasteiger partial charge in [-0.1, -0.05) is 0 Å². The molecule has 1 amide bonds. The van der Waals surface area contributed by atoms with E-state index >= 15 is 0 Å². The van der Waals surface area contributed by atoms with E-state index in [-0.39, 0.29) is 17.4 Å². The van der Waals surface area contributed by atoms with Crippen LogP contribution in [0.15, 0.2) is 16.2 Å². The molecule has 3 rings (SSSR count). The SMILES string of the molecule is O=C(NCC1CCCO1)c1c(O)c2sccc2[nH]c1=O. The van der Waals surface area contributed by atoms with Crippen molar-refractivity contribution in [2.24, 2.45) is 0 Å². The zero-order valence-electron chi connectivity index (χ0n) is 10.6. The Bertz CT molecular complexity index is 700. The summed E-state index contributed by atoms with van der Waals surface area (Å²) in [5.41, 5.74) is -0.288. The fourth-order valence-electron chi connectivity index (χ4n) is 2.31. The second-order valence-corrected chi connectivity index (χ2v) is 5.60. The maximum absolute atomic E-state index is 12.1. The molecule has 0 aromatic carbocycles. The summed E-state index contributed by atoms with van der Waals surface area (Å²) in [6.07, 6.45) is 1.87. The van der Waals surface area contributed by atoms with E-state index in [1.165, 1.54) is 11.3 Å². The van der Waals surface area contributed by atoms with Crippen molar-refractivity contribution in [3.63, 3.8) is 0 Å². The molecule has 1 fully saturated rings. The molecule has 106 valence electrons. The second kappa shape index (κ2) is 5.26. The molecule has 1 saturated heterocycles. The summed E-state index contributed by atoms with van der Waals surface area (Å²) in [6, 6.07) is 1.69. The van der Waals surface area contributed by atoms with Crippen LogP contribution in [0.5, 0.6) is 5.75 Å². The van der Waals surface area contributed by atoms with Gasteiger partial charge in [-0.2, -0.15) is 0 Å². The van der Waals surface area contributed by atoms with E-state index in [0.717, 1.165) is 12.8 Å². The first-order valence-corrected chi connectivity index (χ1v) is 7.27. The number of ether oxygens (including phenoxy) is 1. The Morgan fingerprint density at radius 2 is 2.45 bits per heavy atom. The number of thiophene rings is 1. The van der Waals surface area contributed by atoms with E-state index in [0.29, 0.717) is 23.4 Å². The number of H-pyrrole nitrogens is 1. The number of rotatable bonds is 3. The van der Waals surface area contributed by atoms with Gasteiger partial charge in [-0.25, -0.2) is 0 Å². The van der Waals surface area contributed by atoms with Crippen LogP contribution in [0.4, 0.5) is 0 Å². The van der Waals surface area contributed by atoms with Crippen molar-refractivity contribution in [3.05, 3.63) is 27.4 Å². The van der Waals surface area contributed by atoms with Gasteiger partial charge in [0.25, 0.3) is 11.5 Å². The lowest BCUT2D eigenvalue weighted by molar-refractivity contribution is 0.0854. The van der Waals surface area contributed by atoms with Crippen molar-refractivity contribution in [3.8, 4) is 5.75 Å². The van der Waals surface area contributed by atoms with E-state index in [1.807, 2.05) is 0 Å². The zero-order chi connectivity index (χ0) is 14.1. The van der Waals surface area contributed by atoms with Crippen LogP contribution < -0.4 is 10.9 Å². The van der Waals surface area contributed by atoms with Crippen LogP contribution in [0, 0.1) is 0 Å². The highest BCUT2D eigenvalue weighted by Crippen LogP contribution is 2.29. The molecule has 3 N–H and O–H groups in total. The highest BCUT2D eigenvalue weighted by molar-refractivity contribution is 7.17. The van der Waals surface area contributed by atoms with Crippen LogP contribution in [-0.4, -0.2) is 35.3 Å². The van der Waals surface area contributed by atoms with Crippen molar-refractivity contribution in [2.75, 3.05) is 13.2 Å². The molecule has 1 atom stereocenters. The maximum Gasteiger partial charge on any atom is 0.265 e. The maximum atomic E-state index is 12.1. The number of fused-ring (bicyclic) bond motifs is 1. The van der Waals surface area contributed by atoms with Crippen molar-refractivity contribution in [1.82, 2.24) is 10.3 Å². The molecule has 1 aliphatic heterocycles. The highest BCUT2D eigenvalue weighted by Gasteiger charge is 2.22. The standard InChI is InChI=1S/C13H14N2O4S/c16-10-9(12(17)14-6-7-2-1-4-19-7)13(18)15-8-3-5-20-11(8)10/h3,5,7H,1-2,4,6H2,(H,14,17)(H2,15,16,18). The Hall–Kier alpha value is -1.86. The molecule has 0 aliphatic carbocycles. The topological polar surface area (TPSA) is 91.4 Å². The van der Waals surface area contributed by atoms with Gasteiger partial charge >= 0.3 is 0 Å². The average Bonchev–Trinajstić information content (AvgIpc) is 3.06. The van der Waals surface area contributed by atoms with E-state index in [4.69, 9.17) is 4.74 Å². The molecule has 0 spiro atoms. The molecule has 0 saturated carbocycles. The molecule has 6 nitrogen and oxygen atoms in total. The van der Waals surface area contributed by atoms with Crippen LogP contribution >= 0.6 is 11.3 Å². The molecule has 0 bridgehead atoms. The van der Waals surface area contributed by atoms with Gasteiger partial charge in [-0.15, -0.1) is 11.3 Å². The van der Waals surface area contributed by atoms with E-state index < -0.39 is 11.5 Å². The summed E-state index contributed by atoms with van der Waals surface area (Å²) in [5.74, 6) is -0.835. The Morgan fingerprint density at radius 1 is 1.60 bits per heavy atom. The lowest BCUT2D eigenvalue weighted by atomic mass is 10.2. The first-order chi connectivity index (χ1) is 9.66. The van der Waals surface area contributed by atoms with Crippen molar-refractivity contribution >= 4 is 27.5 Å². The molecule has 0 radical (unpaired) electrons. The number of hydrogen-bond donors (Lipinski definition) is 3. The molecule has 2 aromatic heterocycles. The minimum absolute atomic E-state index is 0.00866. The number of nitrogens with one attached hydrogen (secondary N) is 2. The van der Waals surface area contributed by atoms with E-state index in [9.17, 15) is 14.7 Å². The predicted molar refractivity (Wildman–Crippen MR) is 75.4 cm³/mol. The number of carbonyl (C=O) groups is 1. The number of aromatic hydroxyl groups is 1. The van der Waals surface area contributed by atoms with Crippen LogP contribution in [0.2, 0.25) is 0 Å². The summed E-state index contributed by atoms with van der Waals surface area (Å²) in [4.78, 5) is 26.5. The Labute approximate surface area is 118 Å². The van der Waals surface area contributed by atoms with E-state index in [1.54, 1.807) is 11.4 Å². The van der Waals surface area contributed by atoms with Gasteiger partial charge in [-0.3, -0.25) is 9.59 Å². The number of hydrogen-bond acceptors (Lipinski definition) is 5. The summed E-state index contributed by atoms with van der Waals surface area (Å²) >= 11 is 1.27. The molecular weight excluding hydrogens is 280 g/mol. The van der Waals surface area contributed by atoms with Gasteiger partial charge in [-0.05, 0) is 24.3 Å². The molecule has 3 heterocycles. The molecule has 1 unspecified atom stereocenters. The highest BCUT2D eigenvalue weighted by atomic mass is 32.1. The molecule has 2 aromatic rings. The van der Waals surface area contributed by atoms with Crippen LogP contribution in [-0.2, 0) is 4.74 Å². The summed E-state index contributed by atoms with van der Waals surface area (Å²) in [6.45, 7) is 1.05. The number of aromatic amines is 1. The molecular formula is C13H14N2O4S. The monoisotopic (exact) mass is 294 g/mol. The lowest BCUT2D eigenvalue weighted by Gasteiger charge is -2.11. The lowest BCUT2D eigenvalue weighted by Crippen LogP contribution is -2.35. The summed E-state index contributed by atoms with van der Waals surface area (Å²) in [7, 11) is 0. The van der Waals surface area contributed by atoms with Gasteiger partial charge in [0.2, 0.25) is 0 Å². The number of pyridine rings is 1. The van der Waals surface area contributed by atoms with Crippen LogP contribution in [0.1, 0.15) is 23.2 Å². The minimum Gasteiger partial charge on any atom is -0.505 e. The average molecular weight is 294 g/mol. The summed E-state index contributed by atoms with van der Waals surface area (Å²) < 4.78 is 5.90. The van der Waals surface area contributed by atoms with Gasteiger partial charge in [0, 0.05) is 13.2 Å².